The minimum absolute atomic E-state index is 0.111. The van der Waals surface area contributed by atoms with E-state index in [2.05, 4.69) is 38.2 Å². The van der Waals surface area contributed by atoms with Crippen molar-refractivity contribution in [2.75, 3.05) is 26.4 Å². The van der Waals surface area contributed by atoms with Crippen LogP contribution in [0.5, 0.6) is 0 Å². The lowest BCUT2D eigenvalue weighted by Crippen LogP contribution is -2.59. The second kappa shape index (κ2) is 45.8. The molecule has 372 valence electrons. The highest BCUT2D eigenvalue weighted by molar-refractivity contribution is 5.69. The molecule has 6 atom stereocenters. The summed E-state index contributed by atoms with van der Waals surface area (Å²) in [6.45, 7) is 4.57. The predicted octanol–water partition coefficient (Wildman–Crippen LogP) is 13.3. The largest absolute Gasteiger partial charge is 0.457 e. The lowest BCUT2D eigenvalue weighted by molar-refractivity contribution is -0.305. The van der Waals surface area contributed by atoms with Crippen molar-refractivity contribution < 1.29 is 44.2 Å². The molecular formula is C54H102O9. The molecule has 1 saturated heterocycles. The van der Waals surface area contributed by atoms with E-state index in [0.717, 1.165) is 38.5 Å². The van der Waals surface area contributed by atoms with E-state index in [1.807, 2.05) is 0 Å². The molecule has 0 saturated carbocycles. The summed E-state index contributed by atoms with van der Waals surface area (Å²) in [5.74, 6) is -0.310. The van der Waals surface area contributed by atoms with Crippen LogP contribution < -0.4 is 0 Å². The van der Waals surface area contributed by atoms with Gasteiger partial charge in [-0.25, -0.2) is 0 Å². The van der Waals surface area contributed by atoms with Gasteiger partial charge in [-0.2, -0.15) is 0 Å². The zero-order valence-corrected chi connectivity index (χ0v) is 41.1. The summed E-state index contributed by atoms with van der Waals surface area (Å²) >= 11 is 0. The highest BCUT2D eigenvalue weighted by Gasteiger charge is 2.44. The van der Waals surface area contributed by atoms with Gasteiger partial charge in [0.15, 0.2) is 6.29 Å². The molecule has 0 aromatic rings. The molecule has 1 aliphatic heterocycles. The molecule has 1 rings (SSSR count). The normalized spacial score (nSPS) is 19.7. The smallest absolute Gasteiger partial charge is 0.306 e. The van der Waals surface area contributed by atoms with E-state index in [1.165, 1.54) is 193 Å². The Morgan fingerprint density at radius 2 is 0.921 bits per heavy atom. The first kappa shape index (κ1) is 59.7. The van der Waals surface area contributed by atoms with E-state index in [4.69, 9.17) is 18.9 Å². The van der Waals surface area contributed by atoms with Crippen LogP contribution in [-0.2, 0) is 23.7 Å². The molecule has 9 heteroatoms. The number of carbonyl (C=O) groups is 1. The molecule has 1 aliphatic rings. The zero-order chi connectivity index (χ0) is 45.7. The maximum absolute atomic E-state index is 12.9. The quantitative estimate of drug-likeness (QED) is 0.0267. The Balaban J connectivity index is 2.17. The van der Waals surface area contributed by atoms with Gasteiger partial charge in [0.1, 0.15) is 30.5 Å². The molecule has 0 aromatic carbocycles. The van der Waals surface area contributed by atoms with E-state index >= 15 is 0 Å². The number of carbonyl (C=O) groups excluding carboxylic acids is 1. The molecule has 0 aliphatic carbocycles. The van der Waals surface area contributed by atoms with E-state index in [9.17, 15) is 25.2 Å². The van der Waals surface area contributed by atoms with Gasteiger partial charge in [-0.3, -0.25) is 4.79 Å². The van der Waals surface area contributed by atoms with Gasteiger partial charge in [-0.05, 0) is 44.9 Å². The van der Waals surface area contributed by atoms with Crippen molar-refractivity contribution in [1.29, 1.82) is 0 Å². The fourth-order valence-electron chi connectivity index (χ4n) is 8.41. The Hall–Kier alpha value is -1.33. The number of aliphatic hydroxyl groups excluding tert-OH is 4. The van der Waals surface area contributed by atoms with Crippen LogP contribution in [0.4, 0.5) is 0 Å². The number of aliphatic hydroxyl groups is 4. The molecule has 9 nitrogen and oxygen atoms in total. The van der Waals surface area contributed by atoms with Gasteiger partial charge < -0.3 is 39.4 Å². The standard InChI is InChI=1S/C54H102O9/c1-3-5-7-9-11-13-15-17-19-21-23-24-25-26-27-29-31-33-35-37-39-41-43-50(56)62-48(47-61-54-53(59)52(58)51(57)49(45-55)63-54)46-60-44-42-40-38-36-34-32-30-28-22-20-18-16-14-12-10-8-6-4-2/h12,14,18,20,48-49,51-55,57-59H,3-11,13,15-17,19,21-47H2,1-2H3/b14-12-,20-18-. The summed E-state index contributed by atoms with van der Waals surface area (Å²) < 4.78 is 22.9. The van der Waals surface area contributed by atoms with Gasteiger partial charge in [0, 0.05) is 13.0 Å². The average molecular weight is 895 g/mol. The van der Waals surface area contributed by atoms with Gasteiger partial charge in [-0.1, -0.05) is 224 Å². The van der Waals surface area contributed by atoms with Crippen LogP contribution in [0.15, 0.2) is 24.3 Å². The molecule has 0 spiro atoms. The topological polar surface area (TPSA) is 135 Å². The minimum Gasteiger partial charge on any atom is -0.457 e. The van der Waals surface area contributed by atoms with E-state index in [1.54, 1.807) is 0 Å². The molecule has 0 bridgehead atoms. The number of esters is 1. The monoisotopic (exact) mass is 895 g/mol. The number of ether oxygens (including phenoxy) is 4. The number of unbranched alkanes of at least 4 members (excludes halogenated alkanes) is 32. The summed E-state index contributed by atoms with van der Waals surface area (Å²) in [6, 6.07) is 0. The molecule has 0 amide bonds. The zero-order valence-electron chi connectivity index (χ0n) is 41.1. The first-order valence-electron chi connectivity index (χ1n) is 26.9. The van der Waals surface area contributed by atoms with Crippen LogP contribution in [0.25, 0.3) is 0 Å². The van der Waals surface area contributed by atoms with Crippen molar-refractivity contribution in [3.63, 3.8) is 0 Å². The molecule has 0 radical (unpaired) electrons. The lowest BCUT2D eigenvalue weighted by Gasteiger charge is -2.39. The van der Waals surface area contributed by atoms with Crippen molar-refractivity contribution in [2.45, 2.75) is 288 Å². The van der Waals surface area contributed by atoms with Gasteiger partial charge in [-0.15, -0.1) is 0 Å². The first-order valence-corrected chi connectivity index (χ1v) is 26.9. The third-order valence-electron chi connectivity index (χ3n) is 12.6. The van der Waals surface area contributed by atoms with Crippen LogP contribution in [0, 0.1) is 0 Å². The SMILES string of the molecule is CCCCC/C=C\C/C=C\CCCCCCCCCCOCC(COC1OC(CO)C(O)C(O)C1O)OC(=O)CCCCCCCCCCCCCCCCCCCCCCCC. The third kappa shape index (κ3) is 36.5. The Labute approximate surface area is 387 Å². The Kier molecular flexibility index (Phi) is 43.4. The Bertz CT molecular complexity index is 1020. The maximum Gasteiger partial charge on any atom is 0.306 e. The summed E-state index contributed by atoms with van der Waals surface area (Å²) in [4.78, 5) is 12.9. The number of rotatable bonds is 47. The maximum atomic E-state index is 12.9. The molecule has 0 aromatic heterocycles. The predicted molar refractivity (Wildman–Crippen MR) is 261 cm³/mol. The van der Waals surface area contributed by atoms with Gasteiger partial charge >= 0.3 is 5.97 Å². The molecule has 1 heterocycles. The van der Waals surface area contributed by atoms with Gasteiger partial charge in [0.05, 0.1) is 19.8 Å². The van der Waals surface area contributed by atoms with Crippen molar-refractivity contribution in [2.24, 2.45) is 0 Å². The van der Waals surface area contributed by atoms with Crippen molar-refractivity contribution in [1.82, 2.24) is 0 Å². The average Bonchev–Trinajstić information content (AvgIpc) is 3.28. The summed E-state index contributed by atoms with van der Waals surface area (Å²) in [5, 5.41) is 40.3. The van der Waals surface area contributed by atoms with Crippen molar-refractivity contribution in [3.8, 4) is 0 Å². The van der Waals surface area contributed by atoms with E-state index < -0.39 is 43.4 Å². The van der Waals surface area contributed by atoms with Crippen LogP contribution >= 0.6 is 0 Å². The Morgan fingerprint density at radius 3 is 1.40 bits per heavy atom. The highest BCUT2D eigenvalue weighted by Crippen LogP contribution is 2.23. The van der Waals surface area contributed by atoms with Crippen molar-refractivity contribution >= 4 is 5.97 Å². The Morgan fingerprint density at radius 1 is 0.508 bits per heavy atom. The second-order valence-electron chi connectivity index (χ2n) is 18.7. The lowest BCUT2D eigenvalue weighted by atomic mass is 9.99. The number of hydrogen-bond donors (Lipinski definition) is 4. The summed E-state index contributed by atoms with van der Waals surface area (Å²) in [5.41, 5.74) is 0. The fraction of sp³-hybridized carbons (Fsp3) is 0.907. The minimum atomic E-state index is -1.54. The molecule has 6 unspecified atom stereocenters. The van der Waals surface area contributed by atoms with Crippen LogP contribution in [0.3, 0.4) is 0 Å². The fourth-order valence-corrected chi connectivity index (χ4v) is 8.41. The molecule has 63 heavy (non-hydrogen) atoms. The highest BCUT2D eigenvalue weighted by atomic mass is 16.7. The second-order valence-corrected chi connectivity index (χ2v) is 18.7. The van der Waals surface area contributed by atoms with E-state index in [-0.39, 0.29) is 19.2 Å². The summed E-state index contributed by atoms with van der Waals surface area (Å²) in [7, 11) is 0. The van der Waals surface area contributed by atoms with Gasteiger partial charge in [0.25, 0.3) is 0 Å². The van der Waals surface area contributed by atoms with E-state index in [0.29, 0.717) is 13.0 Å². The molecular weight excluding hydrogens is 793 g/mol. The molecule has 4 N–H and O–H groups in total. The van der Waals surface area contributed by atoms with Crippen molar-refractivity contribution in [3.05, 3.63) is 24.3 Å². The van der Waals surface area contributed by atoms with Crippen LogP contribution in [0.2, 0.25) is 0 Å². The van der Waals surface area contributed by atoms with Crippen LogP contribution in [0.1, 0.15) is 251 Å². The van der Waals surface area contributed by atoms with Crippen LogP contribution in [-0.4, -0.2) is 89.6 Å². The third-order valence-corrected chi connectivity index (χ3v) is 12.6. The molecule has 1 fully saturated rings. The summed E-state index contributed by atoms with van der Waals surface area (Å²) in [6.07, 6.45) is 47.9. The number of allylic oxidation sites excluding steroid dienone is 4. The van der Waals surface area contributed by atoms with Gasteiger partial charge in [0.2, 0.25) is 0 Å². The first-order chi connectivity index (χ1) is 30.9. The number of hydrogen-bond acceptors (Lipinski definition) is 9.